The molecule has 3 heterocycles. The van der Waals surface area contributed by atoms with Crippen LogP contribution in [-0.4, -0.2) is 67.4 Å². The number of aromatic nitrogens is 3. The number of hydrogen-bond acceptors (Lipinski definition) is 7. The molecule has 1 fully saturated rings. The molecule has 0 aromatic carbocycles. The molecule has 22 heavy (non-hydrogen) atoms. The highest BCUT2D eigenvalue weighted by molar-refractivity contribution is 7.99. The Morgan fingerprint density at radius 2 is 2.27 bits per heavy atom. The molecule has 0 bridgehead atoms. The van der Waals surface area contributed by atoms with Crippen molar-refractivity contribution in [3.05, 3.63) is 18.1 Å². The Hall–Kier alpha value is -1.35. The Balaban J connectivity index is 1.65. The molecule has 0 spiro atoms. The third kappa shape index (κ3) is 3.19. The number of aromatic amines is 1. The normalized spacial score (nSPS) is 22.6. The first-order valence-electron chi connectivity index (χ1n) is 7.34. The van der Waals surface area contributed by atoms with E-state index >= 15 is 0 Å². The maximum absolute atomic E-state index is 10.2. The molecule has 0 radical (unpaired) electrons. The number of aliphatic hydroxyl groups excluding tert-OH is 2. The summed E-state index contributed by atoms with van der Waals surface area (Å²) in [7, 11) is 0. The molecule has 1 aliphatic rings. The second-order valence-corrected chi connectivity index (χ2v) is 6.77. The minimum absolute atomic E-state index is 0.188. The lowest BCUT2D eigenvalue weighted by atomic mass is 10.1. The molecule has 0 saturated carbocycles. The average molecular weight is 323 g/mol. The maximum atomic E-state index is 10.2. The van der Waals surface area contributed by atoms with Crippen LogP contribution in [0.2, 0.25) is 0 Å². The summed E-state index contributed by atoms with van der Waals surface area (Å²) in [6.07, 6.45) is 3.08. The summed E-state index contributed by atoms with van der Waals surface area (Å²) in [6.45, 7) is 2.44. The fraction of sp³-hybridized carbons (Fsp3) is 0.571. The second kappa shape index (κ2) is 6.82. The van der Waals surface area contributed by atoms with E-state index in [1.807, 2.05) is 6.20 Å². The molecule has 0 aliphatic carbocycles. The number of β-amino-alcohol motifs (C(OH)–C–C–N with tert-alkyl or cyclic N) is 1. The number of thioether (sulfide) groups is 1. The lowest BCUT2D eigenvalue weighted by molar-refractivity contribution is 0.149. The van der Waals surface area contributed by atoms with Crippen molar-refractivity contribution in [2.75, 3.05) is 36.9 Å². The summed E-state index contributed by atoms with van der Waals surface area (Å²) in [5.41, 5.74) is 8.52. The highest BCUT2D eigenvalue weighted by atomic mass is 32.2. The smallest absolute Gasteiger partial charge is 0.151 e. The zero-order chi connectivity index (χ0) is 15.5. The number of nitrogens with one attached hydrogen (secondary N) is 1. The van der Waals surface area contributed by atoms with Crippen molar-refractivity contribution in [1.29, 1.82) is 0 Å². The predicted octanol–water partition coefficient (Wildman–Crippen LogP) is 0.0583. The molecule has 1 saturated heterocycles. The molecule has 120 valence electrons. The number of nitrogens with two attached hydrogens (primary N) is 1. The summed E-state index contributed by atoms with van der Waals surface area (Å²) in [4.78, 5) is 13.6. The summed E-state index contributed by atoms with van der Waals surface area (Å²) in [6, 6.07) is 0. The molecular weight excluding hydrogens is 302 g/mol. The van der Waals surface area contributed by atoms with Gasteiger partial charge in [0.2, 0.25) is 0 Å². The molecular formula is C14H21N5O2S. The van der Waals surface area contributed by atoms with Crippen LogP contribution < -0.4 is 5.73 Å². The fourth-order valence-corrected chi connectivity index (χ4v) is 3.83. The Morgan fingerprint density at radius 3 is 3.09 bits per heavy atom. The number of fused-ring (bicyclic) bond motifs is 1. The molecule has 5 N–H and O–H groups in total. The molecule has 8 heteroatoms. The Kier molecular flexibility index (Phi) is 4.82. The number of hydrogen-bond donors (Lipinski definition) is 4. The van der Waals surface area contributed by atoms with Crippen LogP contribution >= 0.6 is 11.8 Å². The van der Waals surface area contributed by atoms with Crippen LogP contribution in [-0.2, 0) is 6.54 Å². The van der Waals surface area contributed by atoms with Gasteiger partial charge < -0.3 is 20.9 Å². The number of nitrogens with zero attached hydrogens (tertiary/aromatic N) is 3. The van der Waals surface area contributed by atoms with Crippen molar-refractivity contribution in [3.63, 3.8) is 0 Å². The molecule has 2 aromatic heterocycles. The van der Waals surface area contributed by atoms with Crippen LogP contribution in [0.15, 0.2) is 12.5 Å². The highest BCUT2D eigenvalue weighted by Crippen LogP contribution is 2.25. The van der Waals surface area contributed by atoms with E-state index in [2.05, 4.69) is 19.9 Å². The highest BCUT2D eigenvalue weighted by Gasteiger charge is 2.31. The van der Waals surface area contributed by atoms with Crippen molar-refractivity contribution in [2.24, 2.45) is 5.92 Å². The summed E-state index contributed by atoms with van der Waals surface area (Å²) in [5.74, 6) is 2.31. The first-order valence-corrected chi connectivity index (χ1v) is 8.50. The van der Waals surface area contributed by atoms with Gasteiger partial charge in [-0.05, 0) is 5.75 Å². The number of H-pyrrole nitrogens is 1. The van der Waals surface area contributed by atoms with E-state index in [1.54, 1.807) is 11.8 Å². The summed E-state index contributed by atoms with van der Waals surface area (Å²) < 4.78 is 0. The Bertz CT molecular complexity index is 635. The van der Waals surface area contributed by atoms with Gasteiger partial charge in [0.25, 0.3) is 0 Å². The molecule has 0 amide bonds. The molecule has 3 rings (SSSR count). The zero-order valence-corrected chi connectivity index (χ0v) is 13.1. The van der Waals surface area contributed by atoms with E-state index in [9.17, 15) is 5.11 Å². The van der Waals surface area contributed by atoms with E-state index in [-0.39, 0.29) is 18.6 Å². The average Bonchev–Trinajstić information content (AvgIpc) is 3.05. The van der Waals surface area contributed by atoms with Crippen molar-refractivity contribution in [3.8, 4) is 0 Å². The first-order chi connectivity index (χ1) is 10.7. The van der Waals surface area contributed by atoms with Crippen molar-refractivity contribution in [2.45, 2.75) is 12.6 Å². The Morgan fingerprint density at radius 1 is 1.41 bits per heavy atom. The van der Waals surface area contributed by atoms with Crippen LogP contribution in [0.4, 0.5) is 5.82 Å². The van der Waals surface area contributed by atoms with Crippen LogP contribution in [0, 0.1) is 5.92 Å². The number of rotatable bonds is 6. The van der Waals surface area contributed by atoms with Gasteiger partial charge in [0.15, 0.2) is 5.82 Å². The zero-order valence-electron chi connectivity index (χ0n) is 12.3. The lowest BCUT2D eigenvalue weighted by Crippen LogP contribution is -2.21. The third-order valence-corrected chi connectivity index (χ3v) is 5.15. The van der Waals surface area contributed by atoms with E-state index in [0.717, 1.165) is 41.2 Å². The summed E-state index contributed by atoms with van der Waals surface area (Å²) in [5, 5.41) is 19.0. The van der Waals surface area contributed by atoms with E-state index < -0.39 is 0 Å². The minimum atomic E-state index is -0.309. The van der Waals surface area contributed by atoms with Crippen molar-refractivity contribution >= 4 is 28.6 Å². The quantitative estimate of drug-likeness (QED) is 0.556. The van der Waals surface area contributed by atoms with Crippen LogP contribution in [0.1, 0.15) is 5.56 Å². The number of aliphatic hydroxyl groups is 2. The molecule has 2 unspecified atom stereocenters. The van der Waals surface area contributed by atoms with Gasteiger partial charge in [0.05, 0.1) is 18.2 Å². The standard InChI is InChI=1S/C14H21N5O2S/c15-14-13-12(17-8-18-14)9(3-16-13)4-19-5-10(11(21)6-19)7-22-2-1-20/h3,8,10-11,16,20-21H,1-2,4-7H2,(H2,15,17,18). The third-order valence-electron chi connectivity index (χ3n) is 4.02. The SMILES string of the molecule is Nc1ncnc2c(CN3CC(O)C(CSCCO)C3)c[nH]c12. The lowest BCUT2D eigenvalue weighted by Gasteiger charge is -2.14. The van der Waals surface area contributed by atoms with Crippen molar-refractivity contribution in [1.82, 2.24) is 19.9 Å². The number of nitrogen functional groups attached to an aromatic ring is 1. The minimum Gasteiger partial charge on any atom is -0.396 e. The maximum Gasteiger partial charge on any atom is 0.151 e. The fourth-order valence-electron chi connectivity index (χ4n) is 2.91. The van der Waals surface area contributed by atoms with Crippen LogP contribution in [0.25, 0.3) is 11.0 Å². The molecule has 7 nitrogen and oxygen atoms in total. The Labute approximate surface area is 132 Å². The number of likely N-dealkylation sites (tertiary alicyclic amines) is 1. The van der Waals surface area contributed by atoms with Gasteiger partial charge in [-0.3, -0.25) is 4.90 Å². The molecule has 2 aromatic rings. The monoisotopic (exact) mass is 323 g/mol. The second-order valence-electron chi connectivity index (χ2n) is 5.62. The first kappa shape index (κ1) is 15.5. The summed E-state index contributed by atoms with van der Waals surface area (Å²) >= 11 is 1.69. The van der Waals surface area contributed by atoms with Gasteiger partial charge in [-0.15, -0.1) is 0 Å². The van der Waals surface area contributed by atoms with Gasteiger partial charge in [0, 0.05) is 43.1 Å². The van der Waals surface area contributed by atoms with Gasteiger partial charge in [0.1, 0.15) is 11.8 Å². The van der Waals surface area contributed by atoms with E-state index in [4.69, 9.17) is 10.8 Å². The van der Waals surface area contributed by atoms with Gasteiger partial charge in [-0.1, -0.05) is 0 Å². The largest absolute Gasteiger partial charge is 0.396 e. The number of anilines is 1. The van der Waals surface area contributed by atoms with E-state index in [1.165, 1.54) is 6.33 Å². The van der Waals surface area contributed by atoms with Crippen molar-refractivity contribution < 1.29 is 10.2 Å². The van der Waals surface area contributed by atoms with Crippen LogP contribution in [0.5, 0.6) is 0 Å². The van der Waals surface area contributed by atoms with Gasteiger partial charge >= 0.3 is 0 Å². The van der Waals surface area contributed by atoms with Crippen LogP contribution in [0.3, 0.4) is 0 Å². The van der Waals surface area contributed by atoms with Gasteiger partial charge in [-0.25, -0.2) is 9.97 Å². The topological polar surface area (TPSA) is 111 Å². The van der Waals surface area contributed by atoms with E-state index in [0.29, 0.717) is 12.4 Å². The predicted molar refractivity (Wildman–Crippen MR) is 87.5 cm³/mol. The molecule has 1 aliphatic heterocycles. The van der Waals surface area contributed by atoms with Gasteiger partial charge in [-0.2, -0.15) is 11.8 Å². The molecule has 2 atom stereocenters.